The highest BCUT2D eigenvalue weighted by molar-refractivity contribution is 6.30. The van der Waals surface area contributed by atoms with Crippen molar-refractivity contribution in [3.63, 3.8) is 0 Å². The molecule has 2 heterocycles. The summed E-state index contributed by atoms with van der Waals surface area (Å²) in [6.07, 6.45) is 2.05. The third-order valence-electron chi connectivity index (χ3n) is 4.95. The summed E-state index contributed by atoms with van der Waals surface area (Å²) in [5.74, 6) is 1.60. The van der Waals surface area contributed by atoms with E-state index in [1.807, 2.05) is 6.07 Å². The van der Waals surface area contributed by atoms with Gasteiger partial charge in [0.15, 0.2) is 0 Å². The summed E-state index contributed by atoms with van der Waals surface area (Å²) in [7, 11) is 0. The number of hydrogen-bond donors (Lipinski definition) is 0. The number of ether oxygens (including phenoxy) is 1. The molecule has 0 unspecified atom stereocenters. The summed E-state index contributed by atoms with van der Waals surface area (Å²) in [6, 6.07) is 6.69. The Kier molecular flexibility index (Phi) is 4.33. The van der Waals surface area contributed by atoms with Gasteiger partial charge in [0.2, 0.25) is 11.8 Å². The van der Waals surface area contributed by atoms with E-state index in [1.54, 1.807) is 0 Å². The van der Waals surface area contributed by atoms with Gasteiger partial charge >= 0.3 is 0 Å². The van der Waals surface area contributed by atoms with Crippen LogP contribution in [-0.2, 0) is 17.6 Å². The Morgan fingerprint density at radius 3 is 2.83 bits per heavy atom. The first kappa shape index (κ1) is 16.1. The number of hydrogen-bond acceptors (Lipinski definition) is 5. The van der Waals surface area contributed by atoms with E-state index in [1.165, 1.54) is 11.1 Å². The molecule has 1 aliphatic carbocycles. The average Bonchev–Trinajstić information content (AvgIpc) is 3.21. The van der Waals surface area contributed by atoms with Gasteiger partial charge in [-0.3, -0.25) is 4.90 Å². The number of aromatic nitrogens is 2. The van der Waals surface area contributed by atoms with E-state index in [9.17, 15) is 0 Å². The molecule has 1 aromatic heterocycles. The third-order valence-corrected chi connectivity index (χ3v) is 5.19. The molecular formula is C18H22ClN3O2. The van der Waals surface area contributed by atoms with Crippen molar-refractivity contribution < 1.29 is 9.15 Å². The van der Waals surface area contributed by atoms with Gasteiger partial charge < -0.3 is 9.15 Å². The Morgan fingerprint density at radius 1 is 1.21 bits per heavy atom. The lowest BCUT2D eigenvalue weighted by molar-refractivity contribution is -0.0379. The number of benzene rings is 1. The predicted octanol–water partition coefficient (Wildman–Crippen LogP) is 3.39. The van der Waals surface area contributed by atoms with Crippen molar-refractivity contribution in [2.45, 2.75) is 44.7 Å². The van der Waals surface area contributed by atoms with E-state index in [2.05, 4.69) is 41.1 Å². The SMILES string of the molecule is CC(C)c1nnc([C@@H]2COCCN2[C@H]2Cc3ccc(Cl)cc3C2)o1. The van der Waals surface area contributed by atoms with Gasteiger partial charge in [0.05, 0.1) is 13.2 Å². The largest absolute Gasteiger partial charge is 0.423 e. The van der Waals surface area contributed by atoms with Crippen molar-refractivity contribution in [3.05, 3.63) is 46.1 Å². The van der Waals surface area contributed by atoms with Gasteiger partial charge in [0, 0.05) is 23.5 Å². The predicted molar refractivity (Wildman–Crippen MR) is 91.3 cm³/mol. The molecule has 0 saturated carbocycles. The Balaban J connectivity index is 1.56. The van der Waals surface area contributed by atoms with E-state index in [-0.39, 0.29) is 12.0 Å². The molecule has 2 aromatic rings. The molecule has 0 radical (unpaired) electrons. The van der Waals surface area contributed by atoms with Gasteiger partial charge in [-0.15, -0.1) is 10.2 Å². The van der Waals surface area contributed by atoms with Crippen LogP contribution in [0.4, 0.5) is 0 Å². The number of morpholine rings is 1. The maximum absolute atomic E-state index is 6.15. The third kappa shape index (κ3) is 2.96. The number of nitrogens with zero attached hydrogens (tertiary/aromatic N) is 3. The number of halogens is 1. The molecule has 4 rings (SSSR count). The van der Waals surface area contributed by atoms with E-state index in [0.717, 1.165) is 31.0 Å². The molecule has 24 heavy (non-hydrogen) atoms. The normalized spacial score (nSPS) is 24.5. The first-order valence-corrected chi connectivity index (χ1v) is 8.93. The van der Waals surface area contributed by atoms with Crippen LogP contribution in [-0.4, -0.2) is 40.9 Å². The smallest absolute Gasteiger partial charge is 0.236 e. The lowest BCUT2D eigenvalue weighted by atomic mass is 10.1. The monoisotopic (exact) mass is 347 g/mol. The first-order valence-electron chi connectivity index (χ1n) is 8.56. The topological polar surface area (TPSA) is 51.4 Å². The lowest BCUT2D eigenvalue weighted by Crippen LogP contribution is -2.46. The molecule has 0 spiro atoms. The Hall–Kier alpha value is -1.43. The molecule has 1 fully saturated rings. The van der Waals surface area contributed by atoms with Crippen LogP contribution in [0, 0.1) is 0 Å². The van der Waals surface area contributed by atoms with Crippen LogP contribution in [0.3, 0.4) is 0 Å². The molecule has 2 atom stereocenters. The van der Waals surface area contributed by atoms with E-state index < -0.39 is 0 Å². The molecule has 5 nitrogen and oxygen atoms in total. The maximum atomic E-state index is 6.15. The van der Waals surface area contributed by atoms with Gasteiger partial charge in [-0.05, 0) is 36.1 Å². The number of rotatable bonds is 3. The van der Waals surface area contributed by atoms with Crippen LogP contribution in [0.1, 0.15) is 48.7 Å². The summed E-state index contributed by atoms with van der Waals surface area (Å²) in [4.78, 5) is 2.47. The summed E-state index contributed by atoms with van der Waals surface area (Å²) in [5.41, 5.74) is 2.74. The Bertz CT molecular complexity index is 731. The van der Waals surface area contributed by atoms with E-state index in [4.69, 9.17) is 20.8 Å². The Labute approximate surface area is 147 Å². The molecule has 128 valence electrons. The van der Waals surface area contributed by atoms with Crippen LogP contribution in [0.15, 0.2) is 22.6 Å². The van der Waals surface area contributed by atoms with Crippen molar-refractivity contribution in [1.29, 1.82) is 0 Å². The first-order chi connectivity index (χ1) is 11.6. The van der Waals surface area contributed by atoms with Gasteiger partial charge in [0.1, 0.15) is 6.04 Å². The van der Waals surface area contributed by atoms with Gasteiger partial charge in [-0.2, -0.15) is 0 Å². The van der Waals surface area contributed by atoms with Crippen LogP contribution in [0.2, 0.25) is 5.02 Å². The Morgan fingerprint density at radius 2 is 2.04 bits per heavy atom. The van der Waals surface area contributed by atoms with Crippen LogP contribution in [0.5, 0.6) is 0 Å². The van der Waals surface area contributed by atoms with Crippen LogP contribution >= 0.6 is 11.6 Å². The van der Waals surface area contributed by atoms with E-state index >= 15 is 0 Å². The molecule has 1 saturated heterocycles. The highest BCUT2D eigenvalue weighted by atomic mass is 35.5. The van der Waals surface area contributed by atoms with Crippen molar-refractivity contribution in [3.8, 4) is 0 Å². The van der Waals surface area contributed by atoms with Crippen LogP contribution < -0.4 is 0 Å². The minimum absolute atomic E-state index is 0.0357. The highest BCUT2D eigenvalue weighted by Gasteiger charge is 2.37. The van der Waals surface area contributed by atoms with Crippen molar-refractivity contribution in [2.24, 2.45) is 0 Å². The molecule has 1 aliphatic heterocycles. The minimum Gasteiger partial charge on any atom is -0.423 e. The summed E-state index contributed by atoms with van der Waals surface area (Å²) < 4.78 is 11.6. The fraction of sp³-hybridized carbons (Fsp3) is 0.556. The minimum atomic E-state index is 0.0357. The molecule has 0 N–H and O–H groups in total. The second-order valence-corrected chi connectivity index (χ2v) is 7.37. The summed E-state index contributed by atoms with van der Waals surface area (Å²) in [5, 5.41) is 9.28. The second-order valence-electron chi connectivity index (χ2n) is 6.94. The summed E-state index contributed by atoms with van der Waals surface area (Å²) >= 11 is 6.15. The van der Waals surface area contributed by atoms with Gasteiger partial charge in [0.25, 0.3) is 0 Å². The standard InChI is InChI=1S/C18H22ClN3O2/c1-11(2)17-20-21-18(24-17)16-10-23-6-5-22(16)15-8-12-3-4-14(19)7-13(12)9-15/h3-4,7,11,15-16H,5-6,8-10H2,1-2H3/t15-,16-/m0/s1. The molecular weight excluding hydrogens is 326 g/mol. The van der Waals surface area contributed by atoms with E-state index in [0.29, 0.717) is 24.4 Å². The van der Waals surface area contributed by atoms with Crippen molar-refractivity contribution >= 4 is 11.6 Å². The van der Waals surface area contributed by atoms with Crippen molar-refractivity contribution in [2.75, 3.05) is 19.8 Å². The van der Waals surface area contributed by atoms with Gasteiger partial charge in [-0.25, -0.2) is 0 Å². The molecule has 1 aromatic carbocycles. The zero-order valence-corrected chi connectivity index (χ0v) is 14.8. The molecule has 2 aliphatic rings. The van der Waals surface area contributed by atoms with Gasteiger partial charge in [-0.1, -0.05) is 31.5 Å². The van der Waals surface area contributed by atoms with Crippen LogP contribution in [0.25, 0.3) is 0 Å². The average molecular weight is 348 g/mol. The summed E-state index contributed by atoms with van der Waals surface area (Å²) in [6.45, 7) is 6.35. The lowest BCUT2D eigenvalue weighted by Gasteiger charge is -2.37. The zero-order chi connectivity index (χ0) is 16.7. The maximum Gasteiger partial charge on any atom is 0.236 e. The fourth-order valence-corrected chi connectivity index (χ4v) is 3.87. The van der Waals surface area contributed by atoms with Crippen molar-refractivity contribution in [1.82, 2.24) is 15.1 Å². The number of fused-ring (bicyclic) bond motifs is 1. The molecule has 6 heteroatoms. The zero-order valence-electron chi connectivity index (χ0n) is 14.0. The molecule has 0 amide bonds. The molecule has 0 bridgehead atoms. The fourth-order valence-electron chi connectivity index (χ4n) is 3.68. The quantitative estimate of drug-likeness (QED) is 0.851. The highest BCUT2D eigenvalue weighted by Crippen LogP contribution is 2.34. The second kappa shape index (κ2) is 6.47.